The third-order valence-corrected chi connectivity index (χ3v) is 2.70. The fourth-order valence-corrected chi connectivity index (χ4v) is 1.53. The van der Waals surface area contributed by atoms with Crippen molar-refractivity contribution in [1.29, 1.82) is 0 Å². The first-order chi connectivity index (χ1) is 6.27. The van der Waals surface area contributed by atoms with E-state index in [0.717, 1.165) is 4.90 Å². The van der Waals surface area contributed by atoms with Crippen LogP contribution in [0.15, 0.2) is 0 Å². The van der Waals surface area contributed by atoms with Crippen LogP contribution in [0.4, 0.5) is 13.2 Å². The maximum Gasteiger partial charge on any atom is 0.471 e. The number of nitrogens with one attached hydrogen (secondary N) is 1. The summed E-state index contributed by atoms with van der Waals surface area (Å²) >= 11 is 0. The molecule has 1 fully saturated rings. The van der Waals surface area contributed by atoms with Crippen molar-refractivity contribution < 1.29 is 18.0 Å². The van der Waals surface area contributed by atoms with E-state index in [1.807, 2.05) is 0 Å². The van der Waals surface area contributed by atoms with Gasteiger partial charge in [-0.1, -0.05) is 0 Å². The van der Waals surface area contributed by atoms with Crippen LogP contribution in [0.2, 0.25) is 0 Å². The normalized spacial score (nSPS) is 27.8. The van der Waals surface area contributed by atoms with E-state index in [1.165, 1.54) is 7.05 Å². The van der Waals surface area contributed by atoms with Gasteiger partial charge in [-0.3, -0.25) is 4.79 Å². The molecule has 0 radical (unpaired) electrons. The van der Waals surface area contributed by atoms with Gasteiger partial charge in [0.25, 0.3) is 0 Å². The first-order valence-corrected chi connectivity index (χ1v) is 4.33. The molecule has 1 amide bonds. The van der Waals surface area contributed by atoms with Crippen LogP contribution >= 0.6 is 0 Å². The lowest BCUT2D eigenvalue weighted by Crippen LogP contribution is -2.53. The van der Waals surface area contributed by atoms with E-state index in [0.29, 0.717) is 19.5 Å². The van der Waals surface area contributed by atoms with Crippen molar-refractivity contribution in [3.63, 3.8) is 0 Å². The topological polar surface area (TPSA) is 32.3 Å². The highest BCUT2D eigenvalue weighted by Crippen LogP contribution is 2.26. The second kappa shape index (κ2) is 3.42. The third kappa shape index (κ3) is 2.00. The average Bonchev–Trinajstić information content (AvgIpc) is 2.49. The van der Waals surface area contributed by atoms with E-state index >= 15 is 0 Å². The molecule has 14 heavy (non-hydrogen) atoms. The van der Waals surface area contributed by atoms with Gasteiger partial charge in [0.2, 0.25) is 0 Å². The molecule has 0 aromatic rings. The van der Waals surface area contributed by atoms with E-state index < -0.39 is 17.6 Å². The lowest BCUT2D eigenvalue weighted by molar-refractivity contribution is -0.188. The Balaban J connectivity index is 2.74. The summed E-state index contributed by atoms with van der Waals surface area (Å²) in [7, 11) is 1.20. The van der Waals surface area contributed by atoms with Crippen LogP contribution in [-0.4, -0.2) is 42.7 Å². The van der Waals surface area contributed by atoms with Crippen molar-refractivity contribution in [3.05, 3.63) is 0 Å². The molecule has 0 bridgehead atoms. The van der Waals surface area contributed by atoms with Gasteiger partial charge in [0.1, 0.15) is 0 Å². The Morgan fingerprint density at radius 3 is 2.43 bits per heavy atom. The van der Waals surface area contributed by atoms with Crippen molar-refractivity contribution in [1.82, 2.24) is 10.2 Å². The number of carbonyl (C=O) groups is 1. The molecule has 1 heterocycles. The number of nitrogens with zero attached hydrogens (tertiary/aromatic N) is 1. The zero-order chi connectivity index (χ0) is 11.0. The summed E-state index contributed by atoms with van der Waals surface area (Å²) in [4.78, 5) is 11.7. The van der Waals surface area contributed by atoms with Crippen LogP contribution in [0.3, 0.4) is 0 Å². The number of carbonyl (C=O) groups excluding carboxylic acids is 1. The summed E-state index contributed by atoms with van der Waals surface area (Å²) < 4.78 is 36.3. The molecule has 0 saturated carbocycles. The summed E-state index contributed by atoms with van der Waals surface area (Å²) in [6.45, 7) is 2.70. The minimum absolute atomic E-state index is 0.408. The molecule has 1 aliphatic heterocycles. The first kappa shape index (κ1) is 11.3. The largest absolute Gasteiger partial charge is 0.471 e. The van der Waals surface area contributed by atoms with E-state index in [1.54, 1.807) is 6.92 Å². The number of hydrogen-bond acceptors (Lipinski definition) is 2. The predicted octanol–water partition coefficient (Wildman–Crippen LogP) is 0.759. The van der Waals surface area contributed by atoms with Gasteiger partial charge in [0, 0.05) is 13.6 Å². The predicted molar refractivity (Wildman–Crippen MR) is 44.7 cm³/mol. The summed E-state index contributed by atoms with van der Waals surface area (Å²) in [6.07, 6.45) is -4.23. The molecule has 1 rings (SSSR count). The molecule has 0 aliphatic carbocycles. The Bertz CT molecular complexity index is 233. The Hall–Kier alpha value is -0.780. The van der Waals surface area contributed by atoms with E-state index in [4.69, 9.17) is 0 Å². The zero-order valence-electron chi connectivity index (χ0n) is 8.11. The van der Waals surface area contributed by atoms with Crippen LogP contribution in [0, 0.1) is 0 Å². The highest BCUT2D eigenvalue weighted by Gasteiger charge is 2.47. The minimum atomic E-state index is -4.78. The summed E-state index contributed by atoms with van der Waals surface area (Å²) in [5.41, 5.74) is -0.716. The van der Waals surface area contributed by atoms with Gasteiger partial charge in [-0.05, 0) is 19.9 Å². The summed E-state index contributed by atoms with van der Waals surface area (Å²) in [5, 5.41) is 2.94. The van der Waals surface area contributed by atoms with Crippen LogP contribution in [-0.2, 0) is 4.79 Å². The lowest BCUT2D eigenvalue weighted by atomic mass is 9.99. The standard InChI is InChI=1S/C8H13F3N2O/c1-7(3-4-12-5-7)13(2)6(14)8(9,10)11/h12H,3-5H2,1-2H3. The van der Waals surface area contributed by atoms with Crippen molar-refractivity contribution in [2.75, 3.05) is 20.1 Å². The molecule has 1 N–H and O–H groups in total. The number of alkyl halides is 3. The average molecular weight is 210 g/mol. The third-order valence-electron chi connectivity index (χ3n) is 2.70. The van der Waals surface area contributed by atoms with Crippen molar-refractivity contribution >= 4 is 5.91 Å². The number of halogens is 3. The molecule has 0 aromatic carbocycles. The van der Waals surface area contributed by atoms with Gasteiger partial charge in [-0.2, -0.15) is 13.2 Å². The molecule has 1 aliphatic rings. The van der Waals surface area contributed by atoms with Crippen LogP contribution < -0.4 is 5.32 Å². The van der Waals surface area contributed by atoms with Crippen LogP contribution in [0.5, 0.6) is 0 Å². The van der Waals surface area contributed by atoms with E-state index in [-0.39, 0.29) is 0 Å². The Kier molecular flexibility index (Phi) is 2.76. The molecular weight excluding hydrogens is 197 g/mol. The van der Waals surface area contributed by atoms with Gasteiger partial charge < -0.3 is 10.2 Å². The maximum atomic E-state index is 12.1. The molecular formula is C8H13F3N2O. The Morgan fingerprint density at radius 2 is 2.07 bits per heavy atom. The second-order valence-electron chi connectivity index (χ2n) is 3.79. The number of amides is 1. The van der Waals surface area contributed by atoms with E-state index in [9.17, 15) is 18.0 Å². The highest BCUT2D eigenvalue weighted by atomic mass is 19.4. The fraction of sp³-hybridized carbons (Fsp3) is 0.875. The molecule has 6 heteroatoms. The number of rotatable bonds is 1. The molecule has 1 saturated heterocycles. The SMILES string of the molecule is CN(C(=O)C(F)(F)F)C1(C)CCNC1. The van der Waals surface area contributed by atoms with Gasteiger partial charge in [-0.25, -0.2) is 0 Å². The van der Waals surface area contributed by atoms with Crippen molar-refractivity contribution in [3.8, 4) is 0 Å². The second-order valence-corrected chi connectivity index (χ2v) is 3.79. The summed E-state index contributed by atoms with van der Waals surface area (Å²) in [6, 6.07) is 0. The van der Waals surface area contributed by atoms with Crippen LogP contribution in [0.25, 0.3) is 0 Å². The number of hydrogen-bond donors (Lipinski definition) is 1. The minimum Gasteiger partial charge on any atom is -0.331 e. The van der Waals surface area contributed by atoms with Gasteiger partial charge in [0.05, 0.1) is 5.54 Å². The van der Waals surface area contributed by atoms with Crippen molar-refractivity contribution in [2.24, 2.45) is 0 Å². The van der Waals surface area contributed by atoms with Crippen LogP contribution in [0.1, 0.15) is 13.3 Å². The molecule has 0 aromatic heterocycles. The van der Waals surface area contributed by atoms with Gasteiger partial charge in [0.15, 0.2) is 0 Å². The quantitative estimate of drug-likeness (QED) is 0.693. The summed E-state index contributed by atoms with van der Waals surface area (Å²) in [5.74, 6) is -1.77. The monoisotopic (exact) mass is 210 g/mol. The Morgan fingerprint density at radius 1 is 1.50 bits per heavy atom. The van der Waals surface area contributed by atoms with Gasteiger partial charge in [-0.15, -0.1) is 0 Å². The zero-order valence-corrected chi connectivity index (χ0v) is 8.11. The lowest BCUT2D eigenvalue weighted by Gasteiger charge is -2.35. The first-order valence-electron chi connectivity index (χ1n) is 4.33. The Labute approximate surface area is 80.3 Å². The van der Waals surface area contributed by atoms with Gasteiger partial charge >= 0.3 is 12.1 Å². The van der Waals surface area contributed by atoms with Crippen molar-refractivity contribution in [2.45, 2.75) is 25.1 Å². The highest BCUT2D eigenvalue weighted by molar-refractivity contribution is 5.82. The van der Waals surface area contributed by atoms with E-state index in [2.05, 4.69) is 5.32 Å². The molecule has 1 unspecified atom stereocenters. The number of likely N-dealkylation sites (N-methyl/N-ethyl adjacent to an activating group) is 1. The maximum absolute atomic E-state index is 12.1. The molecule has 82 valence electrons. The molecule has 1 atom stereocenters. The molecule has 3 nitrogen and oxygen atoms in total. The fourth-order valence-electron chi connectivity index (χ4n) is 1.53. The smallest absolute Gasteiger partial charge is 0.331 e. The molecule has 0 spiro atoms.